The number of aryl methyl sites for hydroxylation is 2. The van der Waals surface area contributed by atoms with E-state index in [1.165, 1.54) is 24.0 Å². The van der Waals surface area contributed by atoms with E-state index in [0.717, 1.165) is 22.9 Å². The number of hydrogen-bond donors (Lipinski definition) is 1. The largest absolute Gasteiger partial charge is 0.396 e. The van der Waals surface area contributed by atoms with Crippen molar-refractivity contribution in [3.8, 4) is 11.3 Å². The number of aromatic nitrogens is 2. The molecule has 0 bridgehead atoms. The molecule has 19 heavy (non-hydrogen) atoms. The van der Waals surface area contributed by atoms with Crippen LogP contribution in [-0.4, -0.2) is 9.78 Å². The minimum Gasteiger partial charge on any atom is -0.396 e. The van der Waals surface area contributed by atoms with Crippen LogP contribution in [0.4, 0.5) is 5.69 Å². The van der Waals surface area contributed by atoms with E-state index in [0.29, 0.717) is 6.04 Å². The molecule has 1 aliphatic rings. The third-order valence-corrected chi connectivity index (χ3v) is 4.12. The van der Waals surface area contributed by atoms with Crippen LogP contribution in [0.1, 0.15) is 36.9 Å². The molecule has 1 aliphatic carbocycles. The molecule has 0 saturated heterocycles. The van der Waals surface area contributed by atoms with E-state index in [9.17, 15) is 0 Å². The van der Waals surface area contributed by atoms with Crippen LogP contribution < -0.4 is 5.73 Å². The molecule has 0 spiro atoms. The Morgan fingerprint density at radius 3 is 2.68 bits per heavy atom. The first-order valence-corrected chi connectivity index (χ1v) is 6.98. The van der Waals surface area contributed by atoms with Gasteiger partial charge in [-0.25, -0.2) is 0 Å². The average molecular weight is 255 g/mol. The van der Waals surface area contributed by atoms with Gasteiger partial charge in [0.25, 0.3) is 0 Å². The van der Waals surface area contributed by atoms with E-state index in [4.69, 9.17) is 10.8 Å². The molecule has 3 heteroatoms. The number of anilines is 1. The van der Waals surface area contributed by atoms with E-state index in [2.05, 4.69) is 39.0 Å². The standard InChI is InChI=1S/C16H21N3/c1-10-4-7-14(11(2)8-10)16-15(17)9-19(18-16)12(3)13-5-6-13/h4,7-9,12-13H,5-6,17H2,1-3H3. The van der Waals surface area contributed by atoms with Crippen molar-refractivity contribution in [2.45, 2.75) is 39.7 Å². The maximum Gasteiger partial charge on any atom is 0.115 e. The lowest BCUT2D eigenvalue weighted by Crippen LogP contribution is -2.07. The molecule has 1 fully saturated rings. The number of benzene rings is 1. The van der Waals surface area contributed by atoms with Gasteiger partial charge in [-0.15, -0.1) is 0 Å². The monoisotopic (exact) mass is 255 g/mol. The molecule has 1 aromatic heterocycles. The minimum atomic E-state index is 0.460. The van der Waals surface area contributed by atoms with Gasteiger partial charge in [0.15, 0.2) is 0 Å². The van der Waals surface area contributed by atoms with Crippen LogP contribution in [0.25, 0.3) is 11.3 Å². The van der Waals surface area contributed by atoms with Crippen LogP contribution in [0, 0.1) is 19.8 Å². The summed E-state index contributed by atoms with van der Waals surface area (Å²) in [7, 11) is 0. The van der Waals surface area contributed by atoms with Crippen molar-refractivity contribution in [2.75, 3.05) is 5.73 Å². The molecule has 2 aromatic rings. The lowest BCUT2D eigenvalue weighted by molar-refractivity contribution is 0.441. The second-order valence-electron chi connectivity index (χ2n) is 5.81. The van der Waals surface area contributed by atoms with E-state index in [-0.39, 0.29) is 0 Å². The predicted molar refractivity (Wildman–Crippen MR) is 79.0 cm³/mol. The van der Waals surface area contributed by atoms with Gasteiger partial charge in [-0.05, 0) is 45.1 Å². The Hall–Kier alpha value is -1.77. The molecule has 0 radical (unpaired) electrons. The van der Waals surface area contributed by atoms with E-state index in [1.807, 2.05) is 10.9 Å². The maximum atomic E-state index is 6.16. The molecule has 100 valence electrons. The van der Waals surface area contributed by atoms with Gasteiger partial charge in [-0.2, -0.15) is 5.10 Å². The fourth-order valence-electron chi connectivity index (χ4n) is 2.70. The normalized spacial score (nSPS) is 16.6. The van der Waals surface area contributed by atoms with Gasteiger partial charge in [0, 0.05) is 11.8 Å². The van der Waals surface area contributed by atoms with Crippen LogP contribution in [0.3, 0.4) is 0 Å². The van der Waals surface area contributed by atoms with Gasteiger partial charge in [-0.3, -0.25) is 4.68 Å². The smallest absolute Gasteiger partial charge is 0.115 e. The van der Waals surface area contributed by atoms with Crippen LogP contribution in [0.5, 0.6) is 0 Å². The highest BCUT2D eigenvalue weighted by Gasteiger charge is 2.30. The highest BCUT2D eigenvalue weighted by Crippen LogP contribution is 2.40. The van der Waals surface area contributed by atoms with Gasteiger partial charge in [0.1, 0.15) is 5.69 Å². The molecule has 3 nitrogen and oxygen atoms in total. The number of nitrogens with two attached hydrogens (primary N) is 1. The molecule has 2 N–H and O–H groups in total. The van der Waals surface area contributed by atoms with Gasteiger partial charge in [0.05, 0.1) is 11.7 Å². The van der Waals surface area contributed by atoms with Gasteiger partial charge >= 0.3 is 0 Å². The van der Waals surface area contributed by atoms with Crippen molar-refractivity contribution >= 4 is 5.69 Å². The van der Waals surface area contributed by atoms with Crippen molar-refractivity contribution in [1.29, 1.82) is 0 Å². The molecule has 1 saturated carbocycles. The summed E-state index contributed by atoms with van der Waals surface area (Å²) in [6, 6.07) is 6.88. The topological polar surface area (TPSA) is 43.8 Å². The summed E-state index contributed by atoms with van der Waals surface area (Å²) in [5.74, 6) is 0.784. The molecule has 1 unspecified atom stereocenters. The van der Waals surface area contributed by atoms with Crippen LogP contribution >= 0.6 is 0 Å². The molecule has 1 heterocycles. The van der Waals surface area contributed by atoms with Crippen molar-refractivity contribution in [1.82, 2.24) is 9.78 Å². The second-order valence-corrected chi connectivity index (χ2v) is 5.81. The Balaban J connectivity index is 2.00. The first kappa shape index (κ1) is 12.3. The van der Waals surface area contributed by atoms with Crippen molar-refractivity contribution in [3.63, 3.8) is 0 Å². The van der Waals surface area contributed by atoms with Gasteiger partial charge < -0.3 is 5.73 Å². The third kappa shape index (κ3) is 2.25. The summed E-state index contributed by atoms with van der Waals surface area (Å²) in [6.07, 6.45) is 4.62. The summed E-state index contributed by atoms with van der Waals surface area (Å²) in [5, 5.41) is 4.72. The Bertz CT molecular complexity index is 608. The second kappa shape index (κ2) is 4.41. The number of hydrogen-bond acceptors (Lipinski definition) is 2. The third-order valence-electron chi connectivity index (χ3n) is 4.12. The molecular formula is C16H21N3. The van der Waals surface area contributed by atoms with E-state index in [1.54, 1.807) is 0 Å². The zero-order valence-corrected chi connectivity index (χ0v) is 11.9. The summed E-state index contributed by atoms with van der Waals surface area (Å²) >= 11 is 0. The molecule has 0 aliphatic heterocycles. The lowest BCUT2D eigenvalue weighted by Gasteiger charge is -2.10. The maximum absolute atomic E-state index is 6.16. The zero-order chi connectivity index (χ0) is 13.6. The highest BCUT2D eigenvalue weighted by molar-refractivity contribution is 5.74. The molecular weight excluding hydrogens is 234 g/mol. The Morgan fingerprint density at radius 2 is 2.05 bits per heavy atom. The highest BCUT2D eigenvalue weighted by atomic mass is 15.3. The van der Waals surface area contributed by atoms with Crippen molar-refractivity contribution in [2.24, 2.45) is 5.92 Å². The Morgan fingerprint density at radius 1 is 1.32 bits per heavy atom. The fourth-order valence-corrected chi connectivity index (χ4v) is 2.70. The quantitative estimate of drug-likeness (QED) is 0.908. The average Bonchev–Trinajstić information content (AvgIpc) is 3.13. The summed E-state index contributed by atoms with van der Waals surface area (Å²) in [6.45, 7) is 6.45. The SMILES string of the molecule is Cc1ccc(-c2nn(C(C)C3CC3)cc2N)c(C)c1. The van der Waals surface area contributed by atoms with Gasteiger partial charge in [-0.1, -0.05) is 23.8 Å². The molecule has 0 amide bonds. The Labute approximate surface area is 114 Å². The van der Waals surface area contributed by atoms with E-state index >= 15 is 0 Å². The molecule has 3 rings (SSSR count). The number of nitrogens with zero attached hydrogens (tertiary/aromatic N) is 2. The van der Waals surface area contributed by atoms with E-state index < -0.39 is 0 Å². The number of nitrogen functional groups attached to an aromatic ring is 1. The number of rotatable bonds is 3. The lowest BCUT2D eigenvalue weighted by atomic mass is 10.0. The zero-order valence-electron chi connectivity index (χ0n) is 11.9. The van der Waals surface area contributed by atoms with Crippen molar-refractivity contribution < 1.29 is 0 Å². The first-order chi connectivity index (χ1) is 9.06. The Kier molecular flexibility index (Phi) is 2.85. The van der Waals surface area contributed by atoms with Crippen LogP contribution in [0.2, 0.25) is 0 Å². The summed E-state index contributed by atoms with van der Waals surface area (Å²) < 4.78 is 2.04. The summed E-state index contributed by atoms with van der Waals surface area (Å²) in [5.41, 5.74) is 11.5. The predicted octanol–water partition coefficient (Wildman–Crippen LogP) is 3.72. The van der Waals surface area contributed by atoms with Crippen molar-refractivity contribution in [3.05, 3.63) is 35.5 Å². The fraction of sp³-hybridized carbons (Fsp3) is 0.438. The van der Waals surface area contributed by atoms with Crippen LogP contribution in [-0.2, 0) is 0 Å². The summed E-state index contributed by atoms with van der Waals surface area (Å²) in [4.78, 5) is 0. The molecule has 1 atom stereocenters. The van der Waals surface area contributed by atoms with Gasteiger partial charge in [0.2, 0.25) is 0 Å². The minimum absolute atomic E-state index is 0.460. The molecule has 1 aromatic carbocycles. The first-order valence-electron chi connectivity index (χ1n) is 6.98. The van der Waals surface area contributed by atoms with Crippen LogP contribution in [0.15, 0.2) is 24.4 Å².